The molecule has 0 saturated carbocycles. The van der Waals surface area contributed by atoms with Gasteiger partial charge in [-0.2, -0.15) is 0 Å². The van der Waals surface area contributed by atoms with Gasteiger partial charge in [-0.3, -0.25) is 0 Å². The second-order valence-electron chi connectivity index (χ2n) is 3.59. The van der Waals surface area contributed by atoms with Gasteiger partial charge in [-0.25, -0.2) is 17.8 Å². The molecule has 0 aliphatic carbocycles. The molecule has 0 saturated heterocycles. The number of rotatable bonds is 3. The number of sulfonamides is 1. The number of benzene rings is 1. The lowest BCUT2D eigenvalue weighted by molar-refractivity contribution is 0.350. The summed E-state index contributed by atoms with van der Waals surface area (Å²) in [5.41, 5.74) is -0.00148. The molecule has 0 aliphatic heterocycles. The standard InChI is InChI=1S/C11H13FN2O3S/c1-14(2)13-18(16,17)11-6-5-10(12)8-9(11)4-3-7-15/h5-6,8,13,15H,7H2,1-2H3. The van der Waals surface area contributed by atoms with Gasteiger partial charge in [0.1, 0.15) is 12.4 Å². The van der Waals surface area contributed by atoms with E-state index >= 15 is 0 Å². The van der Waals surface area contributed by atoms with E-state index in [0.29, 0.717) is 0 Å². The lowest BCUT2D eigenvalue weighted by Crippen LogP contribution is -2.36. The molecule has 0 atom stereocenters. The Morgan fingerprint density at radius 3 is 2.67 bits per heavy atom. The van der Waals surface area contributed by atoms with Gasteiger partial charge >= 0.3 is 0 Å². The van der Waals surface area contributed by atoms with Gasteiger partial charge < -0.3 is 5.11 Å². The summed E-state index contributed by atoms with van der Waals surface area (Å²) < 4.78 is 36.9. The van der Waals surface area contributed by atoms with E-state index in [-0.39, 0.29) is 10.5 Å². The fourth-order valence-corrected chi connectivity index (χ4v) is 2.48. The summed E-state index contributed by atoms with van der Waals surface area (Å²) in [6, 6.07) is 3.17. The molecule has 1 aromatic rings. The van der Waals surface area contributed by atoms with Crippen LogP contribution in [-0.2, 0) is 10.0 Å². The van der Waals surface area contributed by atoms with Crippen LogP contribution in [0.1, 0.15) is 5.56 Å². The highest BCUT2D eigenvalue weighted by atomic mass is 32.2. The SMILES string of the molecule is CN(C)NS(=O)(=O)c1ccc(F)cc1C#CCO. The highest BCUT2D eigenvalue weighted by molar-refractivity contribution is 7.89. The van der Waals surface area contributed by atoms with E-state index in [2.05, 4.69) is 16.7 Å². The Morgan fingerprint density at radius 1 is 1.44 bits per heavy atom. The van der Waals surface area contributed by atoms with Gasteiger partial charge in [0.05, 0.1) is 4.90 Å². The molecule has 0 bridgehead atoms. The summed E-state index contributed by atoms with van der Waals surface area (Å²) in [5, 5.41) is 9.85. The van der Waals surface area contributed by atoms with Gasteiger partial charge in [-0.15, -0.1) is 4.83 Å². The lowest BCUT2D eigenvalue weighted by Gasteiger charge is -2.13. The maximum absolute atomic E-state index is 13.1. The number of aliphatic hydroxyl groups excluding tert-OH is 1. The second kappa shape index (κ2) is 5.93. The van der Waals surface area contributed by atoms with Crippen molar-refractivity contribution in [3.63, 3.8) is 0 Å². The third-order valence-electron chi connectivity index (χ3n) is 1.84. The Balaban J connectivity index is 3.32. The highest BCUT2D eigenvalue weighted by Crippen LogP contribution is 2.16. The van der Waals surface area contributed by atoms with Crippen molar-refractivity contribution in [2.45, 2.75) is 4.90 Å². The summed E-state index contributed by atoms with van der Waals surface area (Å²) >= 11 is 0. The molecule has 0 fully saturated rings. The van der Waals surface area contributed by atoms with Crippen molar-refractivity contribution in [2.24, 2.45) is 0 Å². The van der Waals surface area contributed by atoms with Gasteiger partial charge in [0, 0.05) is 19.7 Å². The number of hydrogen-bond acceptors (Lipinski definition) is 4. The molecule has 0 aromatic heterocycles. The molecule has 0 radical (unpaired) electrons. The van der Waals surface area contributed by atoms with E-state index in [1.54, 1.807) is 0 Å². The molecule has 0 spiro atoms. The van der Waals surface area contributed by atoms with Crippen LogP contribution in [0.5, 0.6) is 0 Å². The van der Waals surface area contributed by atoms with Crippen molar-refractivity contribution in [1.82, 2.24) is 9.84 Å². The Morgan fingerprint density at radius 2 is 2.11 bits per heavy atom. The Kier molecular flexibility index (Phi) is 4.81. The normalized spacial score (nSPS) is 11.2. The second-order valence-corrected chi connectivity index (χ2v) is 5.22. The van der Waals surface area contributed by atoms with Crippen molar-refractivity contribution in [3.8, 4) is 11.8 Å². The van der Waals surface area contributed by atoms with Crippen LogP contribution < -0.4 is 4.83 Å². The van der Waals surface area contributed by atoms with E-state index in [4.69, 9.17) is 5.11 Å². The van der Waals surface area contributed by atoms with Crippen LogP contribution in [0.4, 0.5) is 4.39 Å². The Bertz CT molecular complexity index is 588. The van der Waals surface area contributed by atoms with Crippen molar-refractivity contribution in [2.75, 3.05) is 20.7 Å². The van der Waals surface area contributed by atoms with Crippen molar-refractivity contribution < 1.29 is 17.9 Å². The molecule has 0 heterocycles. The van der Waals surface area contributed by atoms with Crippen LogP contribution in [0, 0.1) is 17.7 Å². The number of hydrogen-bond donors (Lipinski definition) is 2. The molecular weight excluding hydrogens is 259 g/mol. The van der Waals surface area contributed by atoms with Crippen molar-refractivity contribution in [1.29, 1.82) is 0 Å². The lowest BCUT2D eigenvalue weighted by atomic mass is 10.2. The molecule has 0 unspecified atom stereocenters. The average Bonchev–Trinajstić information content (AvgIpc) is 2.24. The monoisotopic (exact) mass is 272 g/mol. The first kappa shape index (κ1) is 14.6. The molecule has 2 N–H and O–H groups in total. The third-order valence-corrected chi connectivity index (χ3v) is 3.38. The van der Waals surface area contributed by atoms with E-state index < -0.39 is 22.4 Å². The zero-order chi connectivity index (χ0) is 13.8. The topological polar surface area (TPSA) is 69.6 Å². The molecule has 18 heavy (non-hydrogen) atoms. The molecule has 0 amide bonds. The molecule has 98 valence electrons. The van der Waals surface area contributed by atoms with Crippen molar-refractivity contribution in [3.05, 3.63) is 29.6 Å². The number of nitrogens with zero attached hydrogens (tertiary/aromatic N) is 1. The first-order valence-electron chi connectivity index (χ1n) is 4.96. The summed E-state index contributed by atoms with van der Waals surface area (Å²) in [5.74, 6) is 4.10. The van der Waals surface area contributed by atoms with Crippen LogP contribution >= 0.6 is 0 Å². The van der Waals surface area contributed by atoms with Gasteiger partial charge in [0.15, 0.2) is 0 Å². The summed E-state index contributed by atoms with van der Waals surface area (Å²) in [6.07, 6.45) is 0. The van der Waals surface area contributed by atoms with E-state index in [0.717, 1.165) is 18.2 Å². The van der Waals surface area contributed by atoms with Crippen LogP contribution in [-0.4, -0.2) is 39.2 Å². The van der Waals surface area contributed by atoms with Gasteiger partial charge in [0.2, 0.25) is 0 Å². The zero-order valence-electron chi connectivity index (χ0n) is 9.94. The molecule has 0 aliphatic rings. The Labute approximate surface area is 105 Å². The molecular formula is C11H13FN2O3S. The van der Waals surface area contributed by atoms with E-state index in [1.807, 2.05) is 0 Å². The zero-order valence-corrected chi connectivity index (χ0v) is 10.8. The van der Waals surface area contributed by atoms with Crippen LogP contribution in [0.2, 0.25) is 0 Å². The number of nitrogens with one attached hydrogen (secondary N) is 1. The molecule has 1 aromatic carbocycles. The van der Waals surface area contributed by atoms with E-state index in [9.17, 15) is 12.8 Å². The molecule has 7 heteroatoms. The molecule has 5 nitrogen and oxygen atoms in total. The quantitative estimate of drug-likeness (QED) is 0.597. The van der Waals surface area contributed by atoms with Gasteiger partial charge in [-0.05, 0) is 18.2 Å². The fourth-order valence-electron chi connectivity index (χ4n) is 1.26. The fraction of sp³-hybridized carbons (Fsp3) is 0.273. The minimum absolute atomic E-state index is 0.00148. The minimum Gasteiger partial charge on any atom is -0.384 e. The predicted molar refractivity (Wildman–Crippen MR) is 64.4 cm³/mol. The number of aliphatic hydroxyl groups is 1. The minimum atomic E-state index is -3.81. The number of hydrazine groups is 1. The molecule has 1 rings (SSSR count). The summed E-state index contributed by atoms with van der Waals surface area (Å²) in [4.78, 5) is 2.08. The Hall–Kier alpha value is -1.46. The summed E-state index contributed by atoms with van der Waals surface area (Å²) in [7, 11) is -0.784. The maximum atomic E-state index is 13.1. The van der Waals surface area contributed by atoms with Crippen molar-refractivity contribution >= 4 is 10.0 Å². The van der Waals surface area contributed by atoms with Crippen LogP contribution in [0.15, 0.2) is 23.1 Å². The maximum Gasteiger partial charge on any atom is 0.254 e. The smallest absolute Gasteiger partial charge is 0.254 e. The number of halogens is 1. The highest BCUT2D eigenvalue weighted by Gasteiger charge is 2.18. The predicted octanol–water partition coefficient (Wildman–Crippen LogP) is -0.0756. The van der Waals surface area contributed by atoms with Gasteiger partial charge in [-0.1, -0.05) is 11.8 Å². The van der Waals surface area contributed by atoms with Crippen LogP contribution in [0.25, 0.3) is 0 Å². The van der Waals surface area contributed by atoms with Crippen LogP contribution in [0.3, 0.4) is 0 Å². The van der Waals surface area contributed by atoms with Gasteiger partial charge in [0.25, 0.3) is 10.0 Å². The third kappa shape index (κ3) is 3.78. The first-order chi connectivity index (χ1) is 8.36. The first-order valence-corrected chi connectivity index (χ1v) is 6.44. The average molecular weight is 272 g/mol. The van der Waals surface area contributed by atoms with E-state index in [1.165, 1.54) is 19.1 Å². The summed E-state index contributed by atoms with van der Waals surface area (Å²) in [6.45, 7) is -0.433. The largest absolute Gasteiger partial charge is 0.384 e.